The molecule has 2 fully saturated rings. The summed E-state index contributed by atoms with van der Waals surface area (Å²) in [5.74, 6) is -0.512. The molecule has 1 unspecified atom stereocenters. The van der Waals surface area contributed by atoms with Gasteiger partial charge in [-0.15, -0.1) is 0 Å². The molecule has 4 heterocycles. The molecule has 2 aromatic rings. The van der Waals surface area contributed by atoms with Crippen LogP contribution in [-0.4, -0.2) is 70.8 Å². The van der Waals surface area contributed by atoms with Crippen LogP contribution in [-0.2, 0) is 34.0 Å². The monoisotopic (exact) mass is 531 g/mol. The van der Waals surface area contributed by atoms with Crippen LogP contribution in [0.1, 0.15) is 47.2 Å². The van der Waals surface area contributed by atoms with Crippen LogP contribution in [0.2, 0.25) is 0 Å². The molecule has 0 aliphatic carbocycles. The summed E-state index contributed by atoms with van der Waals surface area (Å²) in [6.45, 7) is 11.4. The first-order valence-corrected chi connectivity index (χ1v) is 12.5. The average molecular weight is 532 g/mol. The highest BCUT2D eigenvalue weighted by atomic mass is 16.8. The van der Waals surface area contributed by atoms with Gasteiger partial charge >= 0.3 is 12.2 Å². The van der Waals surface area contributed by atoms with Crippen molar-refractivity contribution < 1.29 is 38.0 Å². The van der Waals surface area contributed by atoms with E-state index in [1.807, 2.05) is 27.7 Å². The molecule has 4 rings (SSSR count). The number of anilines is 1. The van der Waals surface area contributed by atoms with Crippen LogP contribution in [0, 0.1) is 23.2 Å². The minimum atomic E-state index is -1.68. The molecule has 2 aromatic heterocycles. The smallest absolute Gasteiger partial charge is 0.449 e. The molecule has 4 atom stereocenters. The number of carbonyl (C=O) groups excluding carboxylic acids is 2. The SMILES string of the molecule is CC(C)COC(=O)Nc1ncnn2c([C@]3(C#N)OC(COC(=O)OCC(C)C)[C@H]4OC(C)(C)O[C@H]43)ccc12. The molecule has 1 amide bonds. The summed E-state index contributed by atoms with van der Waals surface area (Å²) in [7, 11) is 0. The van der Waals surface area contributed by atoms with Crippen molar-refractivity contribution >= 4 is 23.6 Å². The minimum absolute atomic E-state index is 0.148. The van der Waals surface area contributed by atoms with Gasteiger partial charge in [-0.05, 0) is 37.8 Å². The number of nitriles is 1. The van der Waals surface area contributed by atoms with E-state index in [0.717, 1.165) is 0 Å². The summed E-state index contributed by atoms with van der Waals surface area (Å²) in [5, 5.41) is 17.4. The molecule has 13 heteroatoms. The van der Waals surface area contributed by atoms with E-state index in [9.17, 15) is 14.9 Å². The molecule has 206 valence electrons. The van der Waals surface area contributed by atoms with E-state index in [2.05, 4.69) is 21.5 Å². The van der Waals surface area contributed by atoms with E-state index in [4.69, 9.17) is 28.4 Å². The van der Waals surface area contributed by atoms with Crippen LogP contribution in [0.15, 0.2) is 18.5 Å². The van der Waals surface area contributed by atoms with Gasteiger partial charge in [0.25, 0.3) is 0 Å². The number of hydrogen-bond acceptors (Lipinski definition) is 11. The lowest BCUT2D eigenvalue weighted by molar-refractivity contribution is -0.205. The van der Waals surface area contributed by atoms with Gasteiger partial charge in [0.15, 0.2) is 11.6 Å². The number of rotatable bonds is 8. The number of amides is 1. The van der Waals surface area contributed by atoms with Crippen LogP contribution in [0.4, 0.5) is 15.4 Å². The Balaban J connectivity index is 1.62. The molecular formula is C25H33N5O8. The second kappa shape index (κ2) is 10.7. The fourth-order valence-corrected chi connectivity index (χ4v) is 4.34. The van der Waals surface area contributed by atoms with E-state index < -0.39 is 41.9 Å². The molecule has 0 aromatic carbocycles. The number of carbonyl (C=O) groups is 2. The molecule has 0 spiro atoms. The maximum absolute atomic E-state index is 12.2. The second-order valence-electron chi connectivity index (χ2n) is 10.5. The number of nitrogens with one attached hydrogen (secondary N) is 1. The Kier molecular flexibility index (Phi) is 7.78. The number of nitrogens with zero attached hydrogens (tertiary/aromatic N) is 4. The molecule has 0 radical (unpaired) electrons. The highest BCUT2D eigenvalue weighted by Crippen LogP contribution is 2.49. The highest BCUT2D eigenvalue weighted by molar-refractivity contribution is 5.88. The van der Waals surface area contributed by atoms with Gasteiger partial charge in [-0.2, -0.15) is 10.4 Å². The molecule has 2 aliphatic rings. The van der Waals surface area contributed by atoms with Crippen molar-refractivity contribution in [3.05, 3.63) is 24.2 Å². The Bertz CT molecular complexity index is 1220. The third-order valence-corrected chi connectivity index (χ3v) is 5.90. The summed E-state index contributed by atoms with van der Waals surface area (Å²) >= 11 is 0. The maximum Gasteiger partial charge on any atom is 0.508 e. The summed E-state index contributed by atoms with van der Waals surface area (Å²) in [4.78, 5) is 28.5. The highest BCUT2D eigenvalue weighted by Gasteiger charge is 2.65. The average Bonchev–Trinajstić information content (AvgIpc) is 3.51. The van der Waals surface area contributed by atoms with Crippen LogP contribution in [0.5, 0.6) is 0 Å². The molecule has 0 saturated carbocycles. The van der Waals surface area contributed by atoms with Gasteiger partial charge in [0, 0.05) is 0 Å². The summed E-state index contributed by atoms with van der Waals surface area (Å²) in [5.41, 5.74) is -0.934. The molecule has 38 heavy (non-hydrogen) atoms. The fourth-order valence-electron chi connectivity index (χ4n) is 4.34. The van der Waals surface area contributed by atoms with Gasteiger partial charge in [0.05, 0.1) is 18.9 Å². The van der Waals surface area contributed by atoms with Crippen molar-refractivity contribution in [1.29, 1.82) is 5.26 Å². The van der Waals surface area contributed by atoms with Gasteiger partial charge in [0.2, 0.25) is 5.60 Å². The van der Waals surface area contributed by atoms with Gasteiger partial charge < -0.3 is 28.4 Å². The Hall–Kier alpha value is -3.47. The minimum Gasteiger partial charge on any atom is -0.449 e. The van der Waals surface area contributed by atoms with E-state index in [1.165, 1.54) is 10.8 Å². The van der Waals surface area contributed by atoms with Crippen molar-refractivity contribution in [3.63, 3.8) is 0 Å². The van der Waals surface area contributed by atoms with Crippen molar-refractivity contribution in [2.75, 3.05) is 25.1 Å². The van der Waals surface area contributed by atoms with Gasteiger partial charge in [0.1, 0.15) is 42.8 Å². The standard InChI is InChI=1S/C25H33N5O8/c1-14(2)9-33-22(31)29-21-16-7-8-18(30(16)28-13-27-21)25(12-26)20-19(37-24(5,6)38-20)17(36-25)11-35-23(32)34-10-15(3)4/h7-8,13-15,17,19-20H,9-11H2,1-6H3,(H,27,28,29,31)/t17?,19-,20-,25+/m1/s1. The number of ether oxygens (including phenoxy) is 6. The molecular weight excluding hydrogens is 498 g/mol. The first kappa shape index (κ1) is 27.6. The topological polar surface area (TPSA) is 156 Å². The number of hydrogen-bond donors (Lipinski definition) is 1. The lowest BCUT2D eigenvalue weighted by Gasteiger charge is -2.28. The van der Waals surface area contributed by atoms with Crippen molar-refractivity contribution in [2.24, 2.45) is 11.8 Å². The summed E-state index contributed by atoms with van der Waals surface area (Å²) < 4.78 is 35.4. The van der Waals surface area contributed by atoms with Crippen LogP contribution >= 0.6 is 0 Å². The zero-order valence-corrected chi connectivity index (χ0v) is 22.3. The second-order valence-corrected chi connectivity index (χ2v) is 10.5. The lowest BCUT2D eigenvalue weighted by atomic mass is 9.92. The zero-order valence-electron chi connectivity index (χ0n) is 22.3. The third-order valence-electron chi connectivity index (χ3n) is 5.90. The van der Waals surface area contributed by atoms with Gasteiger partial charge in [-0.1, -0.05) is 27.7 Å². The van der Waals surface area contributed by atoms with Crippen LogP contribution < -0.4 is 5.32 Å². The molecule has 1 N–H and O–H groups in total. The summed E-state index contributed by atoms with van der Waals surface area (Å²) in [6.07, 6.45) is -2.68. The first-order valence-electron chi connectivity index (χ1n) is 12.5. The molecule has 2 saturated heterocycles. The van der Waals surface area contributed by atoms with Crippen LogP contribution in [0.25, 0.3) is 5.52 Å². The molecule has 13 nitrogen and oxygen atoms in total. The Morgan fingerprint density at radius 1 is 1.11 bits per heavy atom. The van der Waals surface area contributed by atoms with E-state index in [0.29, 0.717) is 11.2 Å². The fraction of sp³-hybridized carbons (Fsp3) is 0.640. The quantitative estimate of drug-likeness (QED) is 0.498. The Morgan fingerprint density at radius 3 is 2.50 bits per heavy atom. The molecule has 2 aliphatic heterocycles. The number of aromatic nitrogens is 3. The van der Waals surface area contributed by atoms with Crippen LogP contribution in [0.3, 0.4) is 0 Å². The van der Waals surface area contributed by atoms with Crippen molar-refractivity contribution in [1.82, 2.24) is 14.6 Å². The normalized spacial score (nSPS) is 25.8. The zero-order chi connectivity index (χ0) is 27.7. The van der Waals surface area contributed by atoms with E-state index >= 15 is 0 Å². The van der Waals surface area contributed by atoms with Crippen molar-refractivity contribution in [3.8, 4) is 6.07 Å². The predicted octanol–water partition coefficient (Wildman–Crippen LogP) is 3.38. The number of fused-ring (bicyclic) bond motifs is 2. The predicted molar refractivity (Wildman–Crippen MR) is 131 cm³/mol. The van der Waals surface area contributed by atoms with E-state index in [1.54, 1.807) is 26.0 Å². The largest absolute Gasteiger partial charge is 0.508 e. The van der Waals surface area contributed by atoms with Crippen molar-refractivity contribution in [2.45, 2.75) is 71.2 Å². The van der Waals surface area contributed by atoms with E-state index in [-0.39, 0.29) is 37.5 Å². The maximum atomic E-state index is 12.2. The lowest BCUT2D eigenvalue weighted by Crippen LogP contribution is -2.40. The Morgan fingerprint density at radius 2 is 1.82 bits per heavy atom. The Labute approximate surface area is 220 Å². The van der Waals surface area contributed by atoms with Gasteiger partial charge in [-0.3, -0.25) is 5.32 Å². The molecule has 0 bridgehead atoms. The first-order chi connectivity index (χ1) is 18.0. The van der Waals surface area contributed by atoms with Gasteiger partial charge in [-0.25, -0.2) is 19.1 Å². The summed E-state index contributed by atoms with van der Waals surface area (Å²) in [6, 6.07) is 5.53. The third kappa shape index (κ3) is 5.52.